The molecule has 1 aliphatic carbocycles. The van der Waals surface area contributed by atoms with Gasteiger partial charge in [-0.05, 0) is 58.9 Å². The summed E-state index contributed by atoms with van der Waals surface area (Å²) in [4.78, 5) is 43.3. The number of carbonyl (C=O) groups is 3. The highest BCUT2D eigenvalue weighted by atomic mass is 16.4. The number of hydrogen-bond acceptors (Lipinski definition) is 4. The van der Waals surface area contributed by atoms with Crippen molar-refractivity contribution in [3.05, 3.63) is 111 Å². The van der Waals surface area contributed by atoms with Crippen LogP contribution in [-0.4, -0.2) is 48.4 Å². The van der Waals surface area contributed by atoms with Gasteiger partial charge in [0.15, 0.2) is 0 Å². The van der Waals surface area contributed by atoms with Crippen LogP contribution in [0.5, 0.6) is 0 Å². The van der Waals surface area contributed by atoms with E-state index in [0.717, 1.165) is 28.0 Å². The van der Waals surface area contributed by atoms with Gasteiger partial charge in [0.2, 0.25) is 0 Å². The van der Waals surface area contributed by atoms with Crippen molar-refractivity contribution < 1.29 is 19.5 Å². The lowest BCUT2D eigenvalue weighted by molar-refractivity contribution is -0.149. The van der Waals surface area contributed by atoms with Crippen LogP contribution in [0.3, 0.4) is 0 Å². The fraction of sp³-hybridized carbons (Fsp3) is 0.172. The summed E-state index contributed by atoms with van der Waals surface area (Å²) in [7, 11) is 3.97. The molecule has 0 radical (unpaired) electrons. The first-order valence-corrected chi connectivity index (χ1v) is 11.4. The van der Waals surface area contributed by atoms with Gasteiger partial charge in [0.1, 0.15) is 6.54 Å². The molecular formula is C29H25N3O4. The summed E-state index contributed by atoms with van der Waals surface area (Å²) in [6, 6.07) is 16.0. The van der Waals surface area contributed by atoms with Crippen molar-refractivity contribution in [3.63, 3.8) is 0 Å². The maximum atomic E-state index is 13.3. The zero-order chi connectivity index (χ0) is 26.0. The molecular weight excluding hydrogens is 454 g/mol. The molecule has 0 saturated carbocycles. The third-order valence-electron chi connectivity index (χ3n) is 6.27. The van der Waals surface area contributed by atoms with E-state index in [4.69, 9.17) is 6.57 Å². The molecule has 7 nitrogen and oxygen atoms in total. The largest absolute Gasteiger partial charge is 0.480 e. The van der Waals surface area contributed by atoms with E-state index in [9.17, 15) is 19.5 Å². The van der Waals surface area contributed by atoms with Crippen LogP contribution in [0, 0.1) is 6.57 Å². The zero-order valence-corrected chi connectivity index (χ0v) is 20.3. The normalized spacial score (nSPS) is 17.7. The first kappa shape index (κ1) is 24.4. The highest BCUT2D eigenvalue weighted by molar-refractivity contribution is 6.18. The second-order valence-corrected chi connectivity index (χ2v) is 8.83. The summed E-state index contributed by atoms with van der Waals surface area (Å²) in [5, 5.41) is 9.24. The summed E-state index contributed by atoms with van der Waals surface area (Å²) in [5.41, 5.74) is 5.89. The summed E-state index contributed by atoms with van der Waals surface area (Å²) in [6.07, 6.45) is 6.28. The Kier molecular flexibility index (Phi) is 6.71. The molecule has 1 N–H and O–H groups in total. The number of rotatable bonds is 5. The lowest BCUT2D eigenvalue weighted by atomic mass is 9.83. The van der Waals surface area contributed by atoms with Gasteiger partial charge >= 0.3 is 5.97 Å². The Labute approximate surface area is 209 Å². The van der Waals surface area contributed by atoms with Gasteiger partial charge in [0.05, 0.1) is 6.57 Å². The first-order valence-electron chi connectivity index (χ1n) is 11.4. The van der Waals surface area contributed by atoms with Gasteiger partial charge in [-0.25, -0.2) is 4.85 Å². The van der Waals surface area contributed by atoms with E-state index in [2.05, 4.69) is 4.85 Å². The molecule has 0 saturated heterocycles. The molecule has 0 atom stereocenters. The van der Waals surface area contributed by atoms with E-state index >= 15 is 0 Å². The van der Waals surface area contributed by atoms with Gasteiger partial charge < -0.3 is 10.0 Å². The van der Waals surface area contributed by atoms with E-state index in [1.807, 2.05) is 85.8 Å². The molecule has 7 heteroatoms. The molecule has 4 rings (SSSR count). The number of fused-ring (bicyclic) bond motifs is 1. The summed E-state index contributed by atoms with van der Waals surface area (Å²) in [6.45, 7) is 8.24. The lowest BCUT2D eigenvalue weighted by Gasteiger charge is -2.29. The molecule has 1 aliphatic heterocycles. The van der Waals surface area contributed by atoms with E-state index in [1.165, 1.54) is 0 Å². The van der Waals surface area contributed by atoms with E-state index in [-0.39, 0.29) is 16.8 Å². The maximum absolute atomic E-state index is 13.3. The molecule has 1 heterocycles. The van der Waals surface area contributed by atoms with Crippen molar-refractivity contribution >= 4 is 35.1 Å². The Bertz CT molecular complexity index is 1430. The molecule has 0 bridgehead atoms. The number of carboxylic acid groups (broad SMARTS) is 1. The van der Waals surface area contributed by atoms with Crippen molar-refractivity contribution in [2.45, 2.75) is 13.3 Å². The monoisotopic (exact) mass is 479 g/mol. The molecule has 2 amide bonds. The highest BCUT2D eigenvalue weighted by Crippen LogP contribution is 2.36. The third kappa shape index (κ3) is 4.62. The minimum absolute atomic E-state index is 0.206. The number of benzene rings is 2. The van der Waals surface area contributed by atoms with Crippen LogP contribution in [0.1, 0.15) is 23.6 Å². The van der Waals surface area contributed by atoms with Gasteiger partial charge in [0.25, 0.3) is 17.5 Å². The number of allylic oxidation sites excluding steroid dienone is 4. The Hall–Kier alpha value is -4.70. The Morgan fingerprint density at radius 1 is 1.08 bits per heavy atom. The third-order valence-corrected chi connectivity index (χ3v) is 6.27. The number of carbonyl (C=O) groups excluding carboxylic acids is 2. The quantitative estimate of drug-likeness (QED) is 0.392. The zero-order valence-electron chi connectivity index (χ0n) is 20.3. The number of hydrogen-bond donors (Lipinski definition) is 1. The van der Waals surface area contributed by atoms with Gasteiger partial charge in [-0.2, -0.15) is 0 Å². The van der Waals surface area contributed by atoms with Crippen LogP contribution in [0.25, 0.3) is 16.5 Å². The molecule has 0 unspecified atom stereocenters. The van der Waals surface area contributed by atoms with Crippen molar-refractivity contribution in [2.24, 2.45) is 0 Å². The Morgan fingerprint density at radius 2 is 1.78 bits per heavy atom. The van der Waals surface area contributed by atoms with Crippen molar-refractivity contribution in [2.75, 3.05) is 25.5 Å². The second-order valence-electron chi connectivity index (χ2n) is 8.83. The van der Waals surface area contributed by atoms with E-state index in [1.54, 1.807) is 6.92 Å². The lowest BCUT2D eigenvalue weighted by Crippen LogP contribution is -2.45. The highest BCUT2D eigenvalue weighted by Gasteiger charge is 2.38. The number of anilines is 1. The van der Waals surface area contributed by atoms with Crippen molar-refractivity contribution in [3.8, 4) is 0 Å². The van der Waals surface area contributed by atoms with E-state index < -0.39 is 24.3 Å². The van der Waals surface area contributed by atoms with Gasteiger partial charge in [0, 0.05) is 25.4 Å². The van der Waals surface area contributed by atoms with Gasteiger partial charge in [-0.1, -0.05) is 54.6 Å². The molecule has 180 valence electrons. The Morgan fingerprint density at radius 3 is 2.42 bits per heavy atom. The summed E-state index contributed by atoms with van der Waals surface area (Å²) in [5.74, 6) is -2.89. The fourth-order valence-corrected chi connectivity index (χ4v) is 4.43. The molecule has 2 aliphatic rings. The molecule has 0 spiro atoms. The minimum Gasteiger partial charge on any atom is -0.480 e. The molecule has 2 aromatic carbocycles. The standard InChI is InChI=1S/C29H25N3O4/c1-18-26(28(35)32(17-25(33)34)29(36)27(18)30-2)22-15-20-7-5-6-8-24(20)21(16-22)12-9-19-10-13-23(14-11-19)31(3)4/h5-14,16H,15,17H2,1,3-4H3,(H,33,34)/b12-9+,26-22-. The van der Waals surface area contributed by atoms with Crippen LogP contribution in [0.2, 0.25) is 0 Å². The fourth-order valence-electron chi connectivity index (χ4n) is 4.43. The van der Waals surface area contributed by atoms with E-state index in [0.29, 0.717) is 16.9 Å². The van der Waals surface area contributed by atoms with Crippen LogP contribution in [0.4, 0.5) is 5.69 Å². The molecule has 36 heavy (non-hydrogen) atoms. The van der Waals surface area contributed by atoms with Gasteiger partial charge in [-0.3, -0.25) is 19.3 Å². The minimum atomic E-state index is -1.32. The molecule has 2 aromatic rings. The first-order chi connectivity index (χ1) is 17.2. The predicted molar refractivity (Wildman–Crippen MR) is 139 cm³/mol. The maximum Gasteiger partial charge on any atom is 0.323 e. The molecule has 0 aromatic heterocycles. The van der Waals surface area contributed by atoms with Crippen molar-refractivity contribution in [1.29, 1.82) is 0 Å². The number of imide groups is 1. The van der Waals surface area contributed by atoms with Crippen LogP contribution in [0.15, 0.2) is 83.1 Å². The smallest absolute Gasteiger partial charge is 0.323 e. The number of aliphatic carboxylic acids is 1. The SMILES string of the molecule is [C-]#[N+]C1=C(C)/C(=C2C=C(/C=C/c3ccc(N(C)C)cc3)c3ccccc3C/2)C(=O)N(CC(=O)O)C1=O. The topological polar surface area (TPSA) is 82.3 Å². The predicted octanol–water partition coefficient (Wildman–Crippen LogP) is 4.35. The van der Waals surface area contributed by atoms with Gasteiger partial charge in [-0.15, -0.1) is 0 Å². The number of carboxylic acids is 1. The van der Waals surface area contributed by atoms with Crippen LogP contribution >= 0.6 is 0 Å². The Balaban J connectivity index is 1.84. The summed E-state index contributed by atoms with van der Waals surface area (Å²) < 4.78 is 0. The second kappa shape index (κ2) is 9.88. The summed E-state index contributed by atoms with van der Waals surface area (Å²) >= 11 is 0. The van der Waals surface area contributed by atoms with Crippen LogP contribution < -0.4 is 4.90 Å². The number of nitrogens with zero attached hydrogens (tertiary/aromatic N) is 3. The molecule has 0 fully saturated rings. The average Bonchev–Trinajstić information content (AvgIpc) is 2.85. The van der Waals surface area contributed by atoms with Crippen LogP contribution in [-0.2, 0) is 20.8 Å². The van der Waals surface area contributed by atoms with Crippen molar-refractivity contribution in [1.82, 2.24) is 4.90 Å². The number of amides is 2. The average molecular weight is 480 g/mol.